The molecule has 1 saturated heterocycles. The Kier molecular flexibility index (Phi) is 7.18. The molecule has 1 unspecified atom stereocenters. The third-order valence-electron chi connectivity index (χ3n) is 6.50. The molecular weight excluding hydrogens is 484 g/mol. The van der Waals surface area contributed by atoms with Gasteiger partial charge in [-0.25, -0.2) is 18.6 Å². The summed E-state index contributed by atoms with van der Waals surface area (Å²) in [7, 11) is 3.18. The first-order chi connectivity index (χ1) is 17.6. The lowest BCUT2D eigenvalue weighted by Crippen LogP contribution is -2.70. The maximum atomic E-state index is 14.4. The lowest BCUT2D eigenvalue weighted by molar-refractivity contribution is -0.156. The minimum atomic E-state index is -1.14. The van der Waals surface area contributed by atoms with Crippen LogP contribution in [0, 0.1) is 17.6 Å². The van der Waals surface area contributed by atoms with Gasteiger partial charge in [0.2, 0.25) is 5.91 Å². The van der Waals surface area contributed by atoms with Crippen LogP contribution in [-0.2, 0) is 23.1 Å². The van der Waals surface area contributed by atoms with Gasteiger partial charge in [-0.1, -0.05) is 6.92 Å². The second kappa shape index (κ2) is 10.3. The number of urea groups is 1. The first kappa shape index (κ1) is 25.7. The molecule has 3 atom stereocenters. The average molecular weight is 512 g/mol. The Balaban J connectivity index is 1.62. The highest BCUT2D eigenvalue weighted by Crippen LogP contribution is 2.33. The van der Waals surface area contributed by atoms with Crippen LogP contribution in [0.15, 0.2) is 48.8 Å². The molecule has 0 saturated carbocycles. The van der Waals surface area contributed by atoms with Crippen molar-refractivity contribution in [1.29, 1.82) is 0 Å². The van der Waals surface area contributed by atoms with Crippen molar-refractivity contribution in [2.45, 2.75) is 31.8 Å². The first-order valence-electron chi connectivity index (χ1n) is 11.7. The summed E-state index contributed by atoms with van der Waals surface area (Å²) in [5.41, 5.74) is 6.39. The van der Waals surface area contributed by atoms with Gasteiger partial charge in [-0.15, -0.1) is 0 Å². The van der Waals surface area contributed by atoms with Crippen molar-refractivity contribution < 1.29 is 23.2 Å². The topological polar surface area (TPSA) is 126 Å². The van der Waals surface area contributed by atoms with Crippen LogP contribution in [-0.4, -0.2) is 50.6 Å². The number of hydrogen-bond donors (Lipinski definition) is 2. The molecule has 10 nitrogen and oxygen atoms in total. The number of likely N-dealkylation sites (N-methyl/N-ethyl adjacent to an activating group) is 1. The molecule has 12 heteroatoms. The largest absolute Gasteiger partial charge is 0.384 e. The second-order valence-corrected chi connectivity index (χ2v) is 8.84. The normalized spacial score (nSPS) is 17.8. The van der Waals surface area contributed by atoms with Gasteiger partial charge >= 0.3 is 6.03 Å². The minimum absolute atomic E-state index is 0.0532. The predicted octanol–water partition coefficient (Wildman–Crippen LogP) is 2.57. The molecule has 3 aromatic rings. The number of likely N-dealkylation sites (tertiary alicyclic amines) is 1. The molecule has 4 rings (SSSR count). The summed E-state index contributed by atoms with van der Waals surface area (Å²) in [5, 5.41) is 6.65. The quantitative estimate of drug-likeness (QED) is 0.470. The van der Waals surface area contributed by atoms with E-state index in [1.54, 1.807) is 32.2 Å². The number of aromatic nitrogens is 3. The van der Waals surface area contributed by atoms with Gasteiger partial charge in [-0.05, 0) is 48.7 Å². The number of nitrogen functional groups attached to an aromatic ring is 1. The predicted molar refractivity (Wildman–Crippen MR) is 131 cm³/mol. The number of aryl methyl sites for hydroxylation is 1. The second-order valence-electron chi connectivity index (χ2n) is 8.84. The SMILES string of the molecule is CCC(NC(=O)N1C(=O)[C@H](Cc2ccnc(N)c2)[C@H]1C(=O)N(C)c1ccnn1C)c1cc(F)ccc1F. The highest BCUT2D eigenvalue weighted by molar-refractivity contribution is 6.12. The fourth-order valence-electron chi connectivity index (χ4n) is 4.54. The summed E-state index contributed by atoms with van der Waals surface area (Å²) in [4.78, 5) is 46.2. The van der Waals surface area contributed by atoms with Crippen molar-refractivity contribution in [3.63, 3.8) is 0 Å². The molecule has 1 aromatic carbocycles. The molecule has 0 spiro atoms. The van der Waals surface area contributed by atoms with Crippen LogP contribution in [0.3, 0.4) is 0 Å². The van der Waals surface area contributed by atoms with Crippen molar-refractivity contribution in [2.75, 3.05) is 17.7 Å². The molecule has 4 amide bonds. The number of nitrogens with one attached hydrogen (secondary N) is 1. The molecule has 1 aliphatic rings. The van der Waals surface area contributed by atoms with Crippen LogP contribution in [0.2, 0.25) is 0 Å². The van der Waals surface area contributed by atoms with Gasteiger partial charge in [0.1, 0.15) is 29.3 Å². The molecular formula is C25H27F2N7O3. The zero-order valence-electron chi connectivity index (χ0n) is 20.6. The van der Waals surface area contributed by atoms with Crippen LogP contribution in [0.1, 0.15) is 30.5 Å². The standard InChI is InChI=1S/C25H27F2N7O3/c1-4-19(16-13-15(26)5-6-18(16)27)31-25(37)34-22(24(36)32(2)21-8-10-30-33(21)3)17(23(34)35)11-14-7-9-29-20(28)12-14/h5-10,12-13,17,19,22H,4,11H2,1-3H3,(H2,28,29)(H,31,37)/t17-,19?,22+/m1/s1. The summed E-state index contributed by atoms with van der Waals surface area (Å²) in [6.45, 7) is 1.68. The Morgan fingerprint density at radius 3 is 2.59 bits per heavy atom. The van der Waals surface area contributed by atoms with Gasteiger partial charge in [0.15, 0.2) is 0 Å². The number of nitrogens with zero attached hydrogens (tertiary/aromatic N) is 5. The molecule has 2 aromatic heterocycles. The number of carbonyl (C=O) groups is 3. The lowest BCUT2D eigenvalue weighted by atomic mass is 9.81. The maximum Gasteiger partial charge on any atom is 0.325 e. The van der Waals surface area contributed by atoms with Crippen molar-refractivity contribution in [3.05, 3.63) is 71.6 Å². The van der Waals surface area contributed by atoms with E-state index in [0.29, 0.717) is 11.4 Å². The number of anilines is 2. The van der Waals surface area contributed by atoms with E-state index in [1.165, 1.54) is 29.0 Å². The number of nitrogens with two attached hydrogens (primary N) is 1. The molecule has 3 heterocycles. The number of carbonyl (C=O) groups excluding carboxylic acids is 3. The first-order valence-corrected chi connectivity index (χ1v) is 11.7. The Bertz CT molecular complexity index is 1350. The third-order valence-corrected chi connectivity index (χ3v) is 6.50. The number of halogens is 2. The van der Waals surface area contributed by atoms with Crippen molar-refractivity contribution in [3.8, 4) is 0 Å². The van der Waals surface area contributed by atoms with E-state index in [0.717, 1.165) is 23.1 Å². The van der Waals surface area contributed by atoms with E-state index in [4.69, 9.17) is 5.73 Å². The number of hydrogen-bond acceptors (Lipinski definition) is 6. The summed E-state index contributed by atoms with van der Waals surface area (Å²) in [6.07, 6.45) is 3.39. The summed E-state index contributed by atoms with van der Waals surface area (Å²) in [5.74, 6) is -2.55. The summed E-state index contributed by atoms with van der Waals surface area (Å²) < 4.78 is 29.7. The van der Waals surface area contributed by atoms with Crippen LogP contribution in [0.5, 0.6) is 0 Å². The van der Waals surface area contributed by atoms with Crippen LogP contribution < -0.4 is 16.0 Å². The summed E-state index contributed by atoms with van der Waals surface area (Å²) in [6, 6.07) is 4.92. The van der Waals surface area contributed by atoms with E-state index in [1.807, 2.05) is 0 Å². The van der Waals surface area contributed by atoms with E-state index < -0.39 is 47.5 Å². The van der Waals surface area contributed by atoms with Gasteiger partial charge in [-0.3, -0.25) is 24.1 Å². The van der Waals surface area contributed by atoms with E-state index in [-0.39, 0.29) is 24.2 Å². The highest BCUT2D eigenvalue weighted by Gasteiger charge is 2.55. The van der Waals surface area contributed by atoms with Crippen molar-refractivity contribution in [2.24, 2.45) is 13.0 Å². The fraction of sp³-hybridized carbons (Fsp3) is 0.320. The molecule has 1 fully saturated rings. The van der Waals surface area contributed by atoms with Gasteiger partial charge in [0.05, 0.1) is 18.2 Å². The number of benzene rings is 1. The number of amides is 4. The third kappa shape index (κ3) is 4.99. The Labute approximate surface area is 212 Å². The minimum Gasteiger partial charge on any atom is -0.384 e. The number of β-lactam (4-membered cyclic amide) rings is 1. The molecule has 1 aliphatic heterocycles. The fourth-order valence-corrected chi connectivity index (χ4v) is 4.54. The van der Waals surface area contributed by atoms with E-state index >= 15 is 0 Å². The molecule has 0 radical (unpaired) electrons. The van der Waals surface area contributed by atoms with Crippen LogP contribution in [0.4, 0.5) is 25.2 Å². The molecule has 3 N–H and O–H groups in total. The van der Waals surface area contributed by atoms with Gasteiger partial charge in [0, 0.05) is 31.9 Å². The monoisotopic (exact) mass is 511 g/mol. The molecule has 0 aliphatic carbocycles. The Morgan fingerprint density at radius 2 is 1.95 bits per heavy atom. The maximum absolute atomic E-state index is 14.4. The van der Waals surface area contributed by atoms with Crippen molar-refractivity contribution in [1.82, 2.24) is 25.0 Å². The average Bonchev–Trinajstić information content (AvgIpc) is 3.30. The lowest BCUT2D eigenvalue weighted by Gasteiger charge is -2.46. The number of rotatable bonds is 7. The molecule has 37 heavy (non-hydrogen) atoms. The molecule has 0 bridgehead atoms. The van der Waals surface area contributed by atoms with Gasteiger partial charge in [0.25, 0.3) is 5.91 Å². The number of pyridine rings is 1. The van der Waals surface area contributed by atoms with Crippen LogP contribution >= 0.6 is 0 Å². The summed E-state index contributed by atoms with van der Waals surface area (Å²) >= 11 is 0. The number of imide groups is 1. The molecule has 194 valence electrons. The van der Waals surface area contributed by atoms with E-state index in [2.05, 4.69) is 15.4 Å². The van der Waals surface area contributed by atoms with Crippen molar-refractivity contribution >= 4 is 29.5 Å². The Morgan fingerprint density at radius 1 is 1.19 bits per heavy atom. The van der Waals surface area contributed by atoms with Gasteiger partial charge < -0.3 is 11.1 Å². The zero-order chi connectivity index (χ0) is 26.9. The van der Waals surface area contributed by atoms with E-state index in [9.17, 15) is 23.2 Å². The van der Waals surface area contributed by atoms with Crippen LogP contribution in [0.25, 0.3) is 0 Å². The van der Waals surface area contributed by atoms with Gasteiger partial charge in [-0.2, -0.15) is 5.10 Å². The highest BCUT2D eigenvalue weighted by atomic mass is 19.1. The Hall–Kier alpha value is -4.35. The smallest absolute Gasteiger partial charge is 0.325 e. The zero-order valence-corrected chi connectivity index (χ0v) is 20.6.